The molecule has 3 aliphatic heterocycles. The summed E-state index contributed by atoms with van der Waals surface area (Å²) < 4.78 is 0.781. The lowest BCUT2D eigenvalue weighted by molar-refractivity contribution is -0.122. The quantitative estimate of drug-likeness (QED) is 0.462. The normalized spacial score (nSPS) is 19.1. The summed E-state index contributed by atoms with van der Waals surface area (Å²) in [6, 6.07) is 6.34. The van der Waals surface area contributed by atoms with E-state index in [1.54, 1.807) is 18.3 Å². The number of benzene rings is 1. The van der Waals surface area contributed by atoms with Gasteiger partial charge in [0.25, 0.3) is 11.8 Å². The van der Waals surface area contributed by atoms with Gasteiger partial charge in [-0.1, -0.05) is 17.7 Å². The maximum atomic E-state index is 13.0. The van der Waals surface area contributed by atoms with Gasteiger partial charge in [-0.2, -0.15) is 5.01 Å². The van der Waals surface area contributed by atoms with Gasteiger partial charge in [0.1, 0.15) is 5.15 Å². The Kier molecular flexibility index (Phi) is 6.00. The summed E-state index contributed by atoms with van der Waals surface area (Å²) in [6.07, 6.45) is 1.71. The highest BCUT2D eigenvalue weighted by atomic mass is 79.9. The molecule has 0 radical (unpaired) electrons. The lowest BCUT2D eigenvalue weighted by atomic mass is 10.1. The molecule has 0 unspecified atom stereocenters. The molecule has 2 fully saturated rings. The first-order valence-electron chi connectivity index (χ1n) is 10.7. The Labute approximate surface area is 208 Å². The molecule has 0 aliphatic carbocycles. The van der Waals surface area contributed by atoms with E-state index in [1.165, 1.54) is 0 Å². The number of nitrogens with zero attached hydrogens (tertiary/aromatic N) is 5. The van der Waals surface area contributed by atoms with Crippen LogP contribution in [-0.4, -0.2) is 76.4 Å². The number of nitrogens with one attached hydrogen (secondary N) is 1. The number of pyridine rings is 1. The molecule has 0 saturated carbocycles. The topological polar surface area (TPSA) is 106 Å². The van der Waals surface area contributed by atoms with Crippen LogP contribution in [-0.2, 0) is 11.3 Å². The summed E-state index contributed by atoms with van der Waals surface area (Å²) in [5.41, 5.74) is 2.43. The molecule has 4 heterocycles. The summed E-state index contributed by atoms with van der Waals surface area (Å²) in [5, 5.41) is 4.39. The Morgan fingerprint density at radius 2 is 1.71 bits per heavy atom. The number of imide groups is 2. The van der Waals surface area contributed by atoms with E-state index >= 15 is 0 Å². The maximum absolute atomic E-state index is 13.0. The van der Waals surface area contributed by atoms with Crippen LogP contribution in [0.1, 0.15) is 32.7 Å². The van der Waals surface area contributed by atoms with Gasteiger partial charge in [-0.3, -0.25) is 24.6 Å². The molecular weight excluding hydrogens is 528 g/mol. The Balaban J connectivity index is 1.26. The van der Waals surface area contributed by atoms with Gasteiger partial charge < -0.3 is 4.90 Å². The zero-order valence-electron chi connectivity index (χ0n) is 18.0. The second kappa shape index (κ2) is 8.97. The highest BCUT2D eigenvalue weighted by Gasteiger charge is 2.43. The van der Waals surface area contributed by atoms with Crippen molar-refractivity contribution in [3.8, 4) is 0 Å². The van der Waals surface area contributed by atoms with Gasteiger partial charge in [0.15, 0.2) is 0 Å². The van der Waals surface area contributed by atoms with Gasteiger partial charge >= 0.3 is 6.03 Å². The van der Waals surface area contributed by atoms with Crippen molar-refractivity contribution in [1.82, 2.24) is 25.2 Å². The molecule has 5 amide bonds. The van der Waals surface area contributed by atoms with Gasteiger partial charge in [0.2, 0.25) is 5.91 Å². The largest absolute Gasteiger partial charge is 0.368 e. The monoisotopic (exact) mass is 546 g/mol. The fourth-order valence-corrected chi connectivity index (χ4v) is 5.04. The average molecular weight is 548 g/mol. The van der Waals surface area contributed by atoms with Crippen LogP contribution in [0.5, 0.6) is 0 Å². The number of rotatable bonds is 4. The van der Waals surface area contributed by atoms with Crippen LogP contribution in [0.2, 0.25) is 5.15 Å². The van der Waals surface area contributed by atoms with Crippen LogP contribution < -0.4 is 10.2 Å². The molecular formula is C22H20BrClN6O4. The Morgan fingerprint density at radius 1 is 0.971 bits per heavy atom. The van der Waals surface area contributed by atoms with E-state index in [1.807, 2.05) is 12.1 Å². The second-order valence-electron chi connectivity index (χ2n) is 8.23. The highest BCUT2D eigenvalue weighted by molar-refractivity contribution is 9.10. The fourth-order valence-electron chi connectivity index (χ4n) is 4.40. The van der Waals surface area contributed by atoms with Crippen molar-refractivity contribution < 1.29 is 19.2 Å². The standard InChI is InChI=1S/C22H20BrClN6O4/c23-18-16(3-5-25-19(18)24)28-9-7-27(8-10-28)12-13-1-2-14-15(11-13)21(33)30(20(14)32)29-6-4-17(31)26-22(29)34/h1-3,5,11H,4,6-10,12H2,(H,26,31,34). The van der Waals surface area contributed by atoms with Crippen LogP contribution in [0.4, 0.5) is 10.5 Å². The number of carbonyl (C=O) groups is 4. The molecule has 0 spiro atoms. The van der Waals surface area contributed by atoms with Crippen molar-refractivity contribution >= 4 is 57.0 Å². The van der Waals surface area contributed by atoms with Crippen LogP contribution in [0.3, 0.4) is 0 Å². The van der Waals surface area contributed by atoms with Crippen LogP contribution in [0.25, 0.3) is 0 Å². The number of hydrogen-bond donors (Lipinski definition) is 1. The molecule has 1 aromatic carbocycles. The summed E-state index contributed by atoms with van der Waals surface area (Å²) >= 11 is 9.63. The van der Waals surface area contributed by atoms with E-state index in [0.29, 0.717) is 11.7 Å². The van der Waals surface area contributed by atoms with E-state index in [4.69, 9.17) is 11.6 Å². The van der Waals surface area contributed by atoms with Crippen molar-refractivity contribution in [3.63, 3.8) is 0 Å². The molecule has 0 atom stereocenters. The molecule has 2 saturated heterocycles. The number of aromatic nitrogens is 1. The minimum absolute atomic E-state index is 0.0218. The van der Waals surface area contributed by atoms with E-state index in [2.05, 4.69) is 36.0 Å². The predicted octanol–water partition coefficient (Wildman–Crippen LogP) is 2.27. The third kappa shape index (κ3) is 4.04. The zero-order chi connectivity index (χ0) is 24.0. The minimum atomic E-state index is -0.772. The lowest BCUT2D eigenvalue weighted by Gasteiger charge is -2.36. The van der Waals surface area contributed by atoms with Crippen molar-refractivity contribution in [2.24, 2.45) is 0 Å². The number of amides is 5. The second-order valence-corrected chi connectivity index (χ2v) is 9.38. The predicted molar refractivity (Wildman–Crippen MR) is 126 cm³/mol. The van der Waals surface area contributed by atoms with Gasteiger partial charge in [-0.05, 0) is 39.7 Å². The molecule has 12 heteroatoms. The smallest absolute Gasteiger partial charge is 0.343 e. The number of halogens is 2. The Morgan fingerprint density at radius 3 is 2.44 bits per heavy atom. The zero-order valence-corrected chi connectivity index (χ0v) is 20.3. The Hall–Kier alpha value is -3.02. The summed E-state index contributed by atoms with van der Waals surface area (Å²) in [5.74, 6) is -1.55. The summed E-state index contributed by atoms with van der Waals surface area (Å²) in [4.78, 5) is 58.0. The number of hydrazine groups is 1. The van der Waals surface area contributed by atoms with Gasteiger partial charge in [0.05, 0.1) is 27.8 Å². The fraction of sp³-hybridized carbons (Fsp3) is 0.318. The maximum Gasteiger partial charge on any atom is 0.343 e. The molecule has 1 aromatic heterocycles. The number of piperazine rings is 1. The van der Waals surface area contributed by atoms with Gasteiger partial charge in [-0.15, -0.1) is 0 Å². The van der Waals surface area contributed by atoms with Crippen molar-refractivity contribution in [3.05, 3.63) is 56.8 Å². The van der Waals surface area contributed by atoms with Gasteiger partial charge in [0, 0.05) is 45.3 Å². The first-order valence-corrected chi connectivity index (χ1v) is 11.9. The first kappa shape index (κ1) is 22.8. The number of urea groups is 1. The van der Waals surface area contributed by atoms with E-state index < -0.39 is 23.8 Å². The third-order valence-corrected chi connectivity index (χ3v) is 7.44. The van der Waals surface area contributed by atoms with Crippen LogP contribution >= 0.6 is 27.5 Å². The van der Waals surface area contributed by atoms with Crippen molar-refractivity contribution in [1.29, 1.82) is 0 Å². The van der Waals surface area contributed by atoms with E-state index in [-0.39, 0.29) is 24.1 Å². The van der Waals surface area contributed by atoms with Crippen LogP contribution in [0, 0.1) is 0 Å². The molecule has 10 nitrogen and oxygen atoms in total. The highest BCUT2D eigenvalue weighted by Crippen LogP contribution is 2.32. The van der Waals surface area contributed by atoms with E-state index in [9.17, 15) is 19.2 Å². The third-order valence-electron chi connectivity index (χ3n) is 6.15. The number of carbonyl (C=O) groups excluding carboxylic acids is 4. The Bertz CT molecular complexity index is 1220. The molecule has 34 heavy (non-hydrogen) atoms. The molecule has 176 valence electrons. The van der Waals surface area contributed by atoms with Crippen LogP contribution in [0.15, 0.2) is 34.9 Å². The molecule has 2 aromatic rings. The SMILES string of the molecule is O=C1CCN(N2C(=O)c3ccc(CN4CCN(c5ccnc(Cl)c5Br)CC4)cc3C2=O)C(=O)N1. The number of hydrogen-bond acceptors (Lipinski definition) is 7. The number of fused-ring (bicyclic) bond motifs is 1. The average Bonchev–Trinajstić information content (AvgIpc) is 3.06. The molecule has 1 N–H and O–H groups in total. The summed E-state index contributed by atoms with van der Waals surface area (Å²) in [6.45, 7) is 3.83. The van der Waals surface area contributed by atoms with Gasteiger partial charge in [-0.25, -0.2) is 14.8 Å². The molecule has 5 rings (SSSR count). The minimum Gasteiger partial charge on any atom is -0.368 e. The molecule has 3 aliphatic rings. The van der Waals surface area contributed by atoms with E-state index in [0.717, 1.165) is 51.9 Å². The van der Waals surface area contributed by atoms with Crippen molar-refractivity contribution in [2.45, 2.75) is 13.0 Å². The van der Waals surface area contributed by atoms with Crippen molar-refractivity contribution in [2.75, 3.05) is 37.6 Å². The number of anilines is 1. The first-order chi connectivity index (χ1) is 16.3. The molecule has 0 bridgehead atoms. The lowest BCUT2D eigenvalue weighted by Crippen LogP contribution is -2.58. The summed E-state index contributed by atoms with van der Waals surface area (Å²) in [7, 11) is 0.